The van der Waals surface area contributed by atoms with Crippen molar-refractivity contribution in [2.24, 2.45) is 17.8 Å². The molecule has 2 atom stereocenters. The van der Waals surface area contributed by atoms with Gasteiger partial charge in [-0.05, 0) is 52.8 Å². The number of rotatable bonds is 11. The first kappa shape index (κ1) is 24.8. The van der Waals surface area contributed by atoms with Crippen LogP contribution in [0.2, 0.25) is 0 Å². The Bertz CT molecular complexity index is 1030. The fourth-order valence-electron chi connectivity index (χ4n) is 4.96. The molecule has 0 bridgehead atoms. The molecule has 2 aliphatic rings. The number of hydrogen-bond donors (Lipinski definition) is 3. The first-order valence-corrected chi connectivity index (χ1v) is 12.4. The van der Waals surface area contributed by atoms with Gasteiger partial charge in [-0.3, -0.25) is 9.59 Å². The summed E-state index contributed by atoms with van der Waals surface area (Å²) in [6.45, 7) is 4.46. The number of alkyl carbamates (subject to hydrolysis) is 1. The lowest BCUT2D eigenvalue weighted by atomic mass is 9.98. The Labute approximate surface area is 206 Å². The SMILES string of the molecule is CC(C)[C@@H](CC(=O)NCC(CC(=O)O)C1CC1)NC(=O)OCC1c2ccccc2-c2ccccc21. The molecule has 0 spiro atoms. The van der Waals surface area contributed by atoms with Gasteiger partial charge in [0.2, 0.25) is 5.91 Å². The molecule has 3 N–H and O–H groups in total. The molecule has 35 heavy (non-hydrogen) atoms. The number of carboxylic acids is 1. The molecule has 4 rings (SSSR count). The highest BCUT2D eigenvalue weighted by Crippen LogP contribution is 2.44. The van der Waals surface area contributed by atoms with Crippen LogP contribution in [-0.2, 0) is 14.3 Å². The van der Waals surface area contributed by atoms with Crippen LogP contribution in [0.1, 0.15) is 56.6 Å². The Hall–Kier alpha value is -3.35. The molecule has 0 radical (unpaired) electrons. The number of carbonyl (C=O) groups is 3. The molecule has 7 nitrogen and oxygen atoms in total. The van der Waals surface area contributed by atoms with Gasteiger partial charge in [-0.25, -0.2) is 4.79 Å². The average molecular weight is 479 g/mol. The molecule has 2 aromatic rings. The third-order valence-corrected chi connectivity index (χ3v) is 7.14. The van der Waals surface area contributed by atoms with Crippen LogP contribution in [0.15, 0.2) is 48.5 Å². The largest absolute Gasteiger partial charge is 0.481 e. The molecule has 1 unspecified atom stereocenters. The van der Waals surface area contributed by atoms with E-state index in [9.17, 15) is 14.4 Å². The zero-order valence-electron chi connectivity index (χ0n) is 20.3. The zero-order chi connectivity index (χ0) is 24.9. The summed E-state index contributed by atoms with van der Waals surface area (Å²) in [4.78, 5) is 36.3. The lowest BCUT2D eigenvalue weighted by Gasteiger charge is -2.23. The Morgan fingerprint density at radius 1 is 0.971 bits per heavy atom. The van der Waals surface area contributed by atoms with E-state index in [1.165, 1.54) is 11.1 Å². The van der Waals surface area contributed by atoms with Gasteiger partial charge in [0.1, 0.15) is 6.61 Å². The van der Waals surface area contributed by atoms with Crippen molar-refractivity contribution in [1.29, 1.82) is 0 Å². The number of aliphatic carboxylic acids is 1. The van der Waals surface area contributed by atoms with Crippen LogP contribution >= 0.6 is 0 Å². The van der Waals surface area contributed by atoms with Crippen molar-refractivity contribution in [3.63, 3.8) is 0 Å². The number of carboxylic acid groups (broad SMARTS) is 1. The molecule has 1 saturated carbocycles. The second-order valence-electron chi connectivity index (χ2n) is 10.0. The van der Waals surface area contributed by atoms with E-state index in [2.05, 4.69) is 34.9 Å². The molecule has 1 fully saturated rings. The molecule has 186 valence electrons. The second-order valence-corrected chi connectivity index (χ2v) is 10.0. The van der Waals surface area contributed by atoms with E-state index in [0.717, 1.165) is 24.0 Å². The van der Waals surface area contributed by atoms with E-state index in [1.54, 1.807) is 0 Å². The maximum absolute atomic E-state index is 12.7. The second kappa shape index (κ2) is 10.9. The van der Waals surface area contributed by atoms with Crippen molar-refractivity contribution in [3.8, 4) is 11.1 Å². The number of nitrogens with one attached hydrogen (secondary N) is 2. The van der Waals surface area contributed by atoms with E-state index in [0.29, 0.717) is 12.5 Å². The minimum atomic E-state index is -0.840. The fourth-order valence-corrected chi connectivity index (χ4v) is 4.96. The van der Waals surface area contributed by atoms with Gasteiger partial charge in [-0.1, -0.05) is 62.4 Å². The van der Waals surface area contributed by atoms with Crippen LogP contribution in [0.4, 0.5) is 4.79 Å². The minimum Gasteiger partial charge on any atom is -0.481 e. The molecule has 2 aromatic carbocycles. The quantitative estimate of drug-likeness (QED) is 0.439. The van der Waals surface area contributed by atoms with Crippen LogP contribution in [0, 0.1) is 17.8 Å². The highest BCUT2D eigenvalue weighted by atomic mass is 16.5. The molecule has 2 amide bonds. The molecule has 2 aliphatic carbocycles. The maximum Gasteiger partial charge on any atom is 0.407 e. The molecule has 0 saturated heterocycles. The summed E-state index contributed by atoms with van der Waals surface area (Å²) in [7, 11) is 0. The fraction of sp³-hybridized carbons (Fsp3) is 0.464. The van der Waals surface area contributed by atoms with Gasteiger partial charge < -0.3 is 20.5 Å². The first-order valence-electron chi connectivity index (χ1n) is 12.4. The Balaban J connectivity index is 1.30. The van der Waals surface area contributed by atoms with E-state index in [1.807, 2.05) is 38.1 Å². The van der Waals surface area contributed by atoms with Gasteiger partial charge in [-0.2, -0.15) is 0 Å². The van der Waals surface area contributed by atoms with Crippen molar-refractivity contribution >= 4 is 18.0 Å². The van der Waals surface area contributed by atoms with Gasteiger partial charge in [0, 0.05) is 24.9 Å². The van der Waals surface area contributed by atoms with Crippen LogP contribution in [-0.4, -0.2) is 42.3 Å². The number of hydrogen-bond acceptors (Lipinski definition) is 4. The van der Waals surface area contributed by atoms with Crippen molar-refractivity contribution in [2.75, 3.05) is 13.2 Å². The number of carbonyl (C=O) groups excluding carboxylic acids is 2. The third-order valence-electron chi connectivity index (χ3n) is 7.14. The number of fused-ring (bicyclic) bond motifs is 3. The molecular formula is C28H34N2O5. The van der Waals surface area contributed by atoms with Gasteiger partial charge in [0.25, 0.3) is 0 Å². The Kier molecular flexibility index (Phi) is 7.73. The van der Waals surface area contributed by atoms with Gasteiger partial charge in [0.05, 0.1) is 6.42 Å². The van der Waals surface area contributed by atoms with Crippen LogP contribution < -0.4 is 10.6 Å². The summed E-state index contributed by atoms with van der Waals surface area (Å²) in [6, 6.07) is 16.0. The van der Waals surface area contributed by atoms with Crippen molar-refractivity contribution in [3.05, 3.63) is 59.7 Å². The Morgan fingerprint density at radius 3 is 2.11 bits per heavy atom. The molecule has 7 heteroatoms. The topological polar surface area (TPSA) is 105 Å². The zero-order valence-corrected chi connectivity index (χ0v) is 20.3. The Morgan fingerprint density at radius 2 is 1.57 bits per heavy atom. The van der Waals surface area contributed by atoms with Crippen LogP contribution in [0.25, 0.3) is 11.1 Å². The standard InChI is InChI=1S/C28H34N2O5/c1-17(2)25(14-26(31)29-15-19(13-27(32)33)18-11-12-18)30-28(34)35-16-24-22-9-5-3-7-20(22)21-8-4-6-10-23(21)24/h3-10,17-19,24-25H,11-16H2,1-2H3,(H,29,31)(H,30,34)(H,32,33)/t19?,25-/m1/s1. The van der Waals surface area contributed by atoms with E-state index in [4.69, 9.17) is 9.84 Å². The summed E-state index contributed by atoms with van der Waals surface area (Å²) in [5.41, 5.74) is 4.63. The first-order chi connectivity index (χ1) is 16.8. The van der Waals surface area contributed by atoms with Crippen molar-refractivity contribution in [2.45, 2.75) is 51.5 Å². The molecular weight excluding hydrogens is 444 g/mol. The predicted molar refractivity (Wildman–Crippen MR) is 133 cm³/mol. The highest BCUT2D eigenvalue weighted by Gasteiger charge is 2.33. The van der Waals surface area contributed by atoms with Crippen LogP contribution in [0.3, 0.4) is 0 Å². The normalized spacial score (nSPS) is 16.2. The smallest absolute Gasteiger partial charge is 0.407 e. The maximum atomic E-state index is 12.7. The summed E-state index contributed by atoms with van der Waals surface area (Å²) < 4.78 is 5.64. The number of benzene rings is 2. The van der Waals surface area contributed by atoms with E-state index in [-0.39, 0.29) is 49.2 Å². The summed E-state index contributed by atoms with van der Waals surface area (Å²) in [5.74, 6) is -0.691. The lowest BCUT2D eigenvalue weighted by molar-refractivity contribution is -0.138. The third kappa shape index (κ3) is 6.21. The van der Waals surface area contributed by atoms with Crippen LogP contribution in [0.5, 0.6) is 0 Å². The average Bonchev–Trinajstić information content (AvgIpc) is 3.62. The van der Waals surface area contributed by atoms with Gasteiger partial charge >= 0.3 is 12.1 Å². The number of amides is 2. The van der Waals surface area contributed by atoms with E-state index >= 15 is 0 Å². The molecule has 0 aliphatic heterocycles. The molecule has 0 aromatic heterocycles. The van der Waals surface area contributed by atoms with E-state index < -0.39 is 12.1 Å². The monoisotopic (exact) mass is 478 g/mol. The minimum absolute atomic E-state index is 0.0254. The number of ether oxygens (including phenoxy) is 1. The lowest BCUT2D eigenvalue weighted by Crippen LogP contribution is -2.43. The van der Waals surface area contributed by atoms with Gasteiger partial charge in [0.15, 0.2) is 0 Å². The van der Waals surface area contributed by atoms with Crippen molar-refractivity contribution < 1.29 is 24.2 Å². The summed E-state index contributed by atoms with van der Waals surface area (Å²) >= 11 is 0. The molecule has 0 heterocycles. The van der Waals surface area contributed by atoms with Gasteiger partial charge in [-0.15, -0.1) is 0 Å². The summed E-state index contributed by atoms with van der Waals surface area (Å²) in [6.07, 6.45) is 1.68. The predicted octanol–water partition coefficient (Wildman–Crippen LogP) is 4.56. The van der Waals surface area contributed by atoms with Crippen molar-refractivity contribution in [1.82, 2.24) is 10.6 Å². The summed E-state index contributed by atoms with van der Waals surface area (Å²) in [5, 5.41) is 14.8. The highest BCUT2D eigenvalue weighted by molar-refractivity contribution is 5.79.